The highest BCUT2D eigenvalue weighted by atomic mass is 16.5. The number of hydrogen-bond acceptors (Lipinski definition) is 3. The van der Waals surface area contributed by atoms with Crippen LogP contribution in [0.5, 0.6) is 0 Å². The SMILES string of the molecule is CCN(CC1CCOCC1)C(=O)c1ccccc1C1CCNC1. The first kappa shape index (κ1) is 16.5. The molecular weight excluding hydrogens is 288 g/mol. The highest BCUT2D eigenvalue weighted by Crippen LogP contribution is 2.27. The topological polar surface area (TPSA) is 41.6 Å². The first-order valence-corrected chi connectivity index (χ1v) is 8.96. The molecule has 1 N–H and O–H groups in total. The van der Waals surface area contributed by atoms with E-state index >= 15 is 0 Å². The molecule has 23 heavy (non-hydrogen) atoms. The van der Waals surface area contributed by atoms with Crippen LogP contribution < -0.4 is 5.32 Å². The summed E-state index contributed by atoms with van der Waals surface area (Å²) < 4.78 is 5.44. The standard InChI is InChI=1S/C19H28N2O2/c1-2-21(14-15-8-11-23-12-9-15)19(22)18-6-4-3-5-17(18)16-7-10-20-13-16/h3-6,15-16,20H,2,7-14H2,1H3. The molecule has 1 unspecified atom stereocenters. The minimum atomic E-state index is 0.196. The number of nitrogens with zero attached hydrogens (tertiary/aromatic N) is 1. The third-order valence-electron chi connectivity index (χ3n) is 5.18. The maximum Gasteiger partial charge on any atom is 0.254 e. The summed E-state index contributed by atoms with van der Waals surface area (Å²) in [5, 5.41) is 3.41. The molecule has 2 saturated heterocycles. The van der Waals surface area contributed by atoms with Gasteiger partial charge in [0, 0.05) is 38.4 Å². The van der Waals surface area contributed by atoms with E-state index < -0.39 is 0 Å². The van der Waals surface area contributed by atoms with Crippen LogP contribution >= 0.6 is 0 Å². The summed E-state index contributed by atoms with van der Waals surface area (Å²) in [6.07, 6.45) is 3.26. The molecule has 0 saturated carbocycles. The summed E-state index contributed by atoms with van der Waals surface area (Å²) in [6.45, 7) is 7.41. The number of amides is 1. The van der Waals surface area contributed by atoms with E-state index in [0.717, 1.165) is 64.2 Å². The van der Waals surface area contributed by atoms with Crippen molar-refractivity contribution in [3.63, 3.8) is 0 Å². The lowest BCUT2D eigenvalue weighted by molar-refractivity contribution is 0.0466. The zero-order valence-corrected chi connectivity index (χ0v) is 14.1. The van der Waals surface area contributed by atoms with Gasteiger partial charge in [-0.25, -0.2) is 0 Å². The van der Waals surface area contributed by atoms with E-state index in [1.165, 1.54) is 5.56 Å². The van der Waals surface area contributed by atoms with Crippen LogP contribution in [-0.4, -0.2) is 50.2 Å². The predicted molar refractivity (Wildman–Crippen MR) is 91.8 cm³/mol. The molecule has 2 aliphatic rings. The van der Waals surface area contributed by atoms with Crippen LogP contribution in [0.1, 0.15) is 48.0 Å². The van der Waals surface area contributed by atoms with Gasteiger partial charge in [-0.05, 0) is 56.2 Å². The lowest BCUT2D eigenvalue weighted by Crippen LogP contribution is -2.37. The fourth-order valence-electron chi connectivity index (χ4n) is 3.73. The fourth-order valence-corrected chi connectivity index (χ4v) is 3.73. The van der Waals surface area contributed by atoms with Crippen molar-refractivity contribution < 1.29 is 9.53 Å². The normalized spacial score (nSPS) is 22.2. The molecule has 2 heterocycles. The van der Waals surface area contributed by atoms with Gasteiger partial charge < -0.3 is 15.0 Å². The van der Waals surface area contributed by atoms with E-state index in [1.807, 2.05) is 17.0 Å². The number of benzene rings is 1. The van der Waals surface area contributed by atoms with Gasteiger partial charge in [0.05, 0.1) is 0 Å². The van der Waals surface area contributed by atoms with E-state index in [0.29, 0.717) is 11.8 Å². The van der Waals surface area contributed by atoms with Gasteiger partial charge in [0.25, 0.3) is 5.91 Å². The molecule has 1 atom stereocenters. The van der Waals surface area contributed by atoms with Crippen molar-refractivity contribution in [3.05, 3.63) is 35.4 Å². The van der Waals surface area contributed by atoms with Crippen molar-refractivity contribution >= 4 is 5.91 Å². The maximum atomic E-state index is 13.1. The van der Waals surface area contributed by atoms with Crippen LogP contribution in [0.2, 0.25) is 0 Å². The molecule has 0 aromatic heterocycles. The number of rotatable bonds is 5. The quantitative estimate of drug-likeness (QED) is 0.908. The summed E-state index contributed by atoms with van der Waals surface area (Å²) >= 11 is 0. The highest BCUT2D eigenvalue weighted by molar-refractivity contribution is 5.96. The summed E-state index contributed by atoms with van der Waals surface area (Å²) in [4.78, 5) is 15.1. The van der Waals surface area contributed by atoms with Gasteiger partial charge in [-0.2, -0.15) is 0 Å². The van der Waals surface area contributed by atoms with Crippen molar-refractivity contribution in [1.82, 2.24) is 10.2 Å². The Balaban J connectivity index is 1.74. The molecule has 0 spiro atoms. The third-order valence-corrected chi connectivity index (χ3v) is 5.18. The second kappa shape index (κ2) is 7.93. The predicted octanol–water partition coefficient (Wildman–Crippen LogP) is 2.65. The van der Waals surface area contributed by atoms with Gasteiger partial charge in [0.1, 0.15) is 0 Å². The summed E-state index contributed by atoms with van der Waals surface area (Å²) in [5.74, 6) is 1.24. The summed E-state index contributed by atoms with van der Waals surface area (Å²) in [5.41, 5.74) is 2.11. The number of ether oxygens (including phenoxy) is 1. The monoisotopic (exact) mass is 316 g/mol. The lowest BCUT2D eigenvalue weighted by atomic mass is 9.92. The van der Waals surface area contributed by atoms with E-state index in [2.05, 4.69) is 24.4 Å². The van der Waals surface area contributed by atoms with Crippen molar-refractivity contribution in [2.45, 2.75) is 32.1 Å². The van der Waals surface area contributed by atoms with E-state index in [-0.39, 0.29) is 5.91 Å². The molecule has 0 radical (unpaired) electrons. The Morgan fingerprint density at radius 2 is 2.04 bits per heavy atom. The Bertz CT molecular complexity index is 520. The first-order chi connectivity index (χ1) is 11.3. The van der Waals surface area contributed by atoms with Gasteiger partial charge in [-0.15, -0.1) is 0 Å². The molecule has 1 aromatic carbocycles. The molecular formula is C19H28N2O2. The molecule has 2 aliphatic heterocycles. The molecule has 0 bridgehead atoms. The Morgan fingerprint density at radius 1 is 1.26 bits per heavy atom. The number of nitrogens with one attached hydrogen (secondary N) is 1. The van der Waals surface area contributed by atoms with Gasteiger partial charge in [-0.1, -0.05) is 18.2 Å². The zero-order chi connectivity index (χ0) is 16.1. The second-order valence-corrected chi connectivity index (χ2v) is 6.68. The summed E-state index contributed by atoms with van der Waals surface area (Å²) in [6, 6.07) is 8.18. The molecule has 3 rings (SSSR count). The largest absolute Gasteiger partial charge is 0.381 e. The van der Waals surface area contributed by atoms with Crippen LogP contribution in [0.15, 0.2) is 24.3 Å². The van der Waals surface area contributed by atoms with Crippen LogP contribution in [0.25, 0.3) is 0 Å². The van der Waals surface area contributed by atoms with Gasteiger partial charge in [0.2, 0.25) is 0 Å². The smallest absolute Gasteiger partial charge is 0.254 e. The lowest BCUT2D eigenvalue weighted by Gasteiger charge is -2.30. The van der Waals surface area contributed by atoms with Crippen LogP contribution in [0, 0.1) is 5.92 Å². The zero-order valence-electron chi connectivity index (χ0n) is 14.1. The number of carbonyl (C=O) groups excluding carboxylic acids is 1. The van der Waals surface area contributed by atoms with E-state index in [1.54, 1.807) is 0 Å². The van der Waals surface area contributed by atoms with Gasteiger partial charge >= 0.3 is 0 Å². The van der Waals surface area contributed by atoms with Crippen molar-refractivity contribution in [2.75, 3.05) is 39.4 Å². The van der Waals surface area contributed by atoms with Gasteiger partial charge in [0.15, 0.2) is 0 Å². The Hall–Kier alpha value is -1.39. The molecule has 1 amide bonds. The van der Waals surface area contributed by atoms with Crippen molar-refractivity contribution in [1.29, 1.82) is 0 Å². The molecule has 0 aliphatic carbocycles. The first-order valence-electron chi connectivity index (χ1n) is 8.96. The maximum absolute atomic E-state index is 13.1. The van der Waals surface area contributed by atoms with E-state index in [9.17, 15) is 4.79 Å². The second-order valence-electron chi connectivity index (χ2n) is 6.68. The average molecular weight is 316 g/mol. The molecule has 4 nitrogen and oxygen atoms in total. The average Bonchev–Trinajstić information content (AvgIpc) is 3.14. The number of hydrogen-bond donors (Lipinski definition) is 1. The molecule has 2 fully saturated rings. The molecule has 4 heteroatoms. The van der Waals surface area contributed by atoms with Crippen LogP contribution in [0.4, 0.5) is 0 Å². The van der Waals surface area contributed by atoms with Crippen LogP contribution in [-0.2, 0) is 4.74 Å². The minimum Gasteiger partial charge on any atom is -0.381 e. The van der Waals surface area contributed by atoms with Crippen LogP contribution in [0.3, 0.4) is 0 Å². The minimum absolute atomic E-state index is 0.196. The molecule has 126 valence electrons. The Morgan fingerprint density at radius 3 is 2.74 bits per heavy atom. The van der Waals surface area contributed by atoms with Crippen molar-refractivity contribution in [3.8, 4) is 0 Å². The third kappa shape index (κ3) is 3.93. The van der Waals surface area contributed by atoms with E-state index in [4.69, 9.17) is 4.74 Å². The highest BCUT2D eigenvalue weighted by Gasteiger charge is 2.26. The van der Waals surface area contributed by atoms with Crippen molar-refractivity contribution in [2.24, 2.45) is 5.92 Å². The summed E-state index contributed by atoms with van der Waals surface area (Å²) in [7, 11) is 0. The Labute approximate surface area is 139 Å². The Kier molecular flexibility index (Phi) is 5.68. The number of carbonyl (C=O) groups is 1. The van der Waals surface area contributed by atoms with Gasteiger partial charge in [-0.3, -0.25) is 4.79 Å². The fraction of sp³-hybridized carbons (Fsp3) is 0.632. The molecule has 1 aromatic rings.